The number of hydrogen-bond acceptors (Lipinski definition) is 2. The second-order valence-electron chi connectivity index (χ2n) is 3.34. The SMILES string of the molecule is O=[Se](=O)(O)c1ccccc1-c1ccccc1. The Morgan fingerprint density at radius 3 is 2.00 bits per heavy atom. The molecule has 0 saturated carbocycles. The van der Waals surface area contributed by atoms with Crippen LogP contribution in [0.5, 0.6) is 0 Å². The fourth-order valence-corrected chi connectivity index (χ4v) is 3.05. The topological polar surface area (TPSA) is 54.4 Å². The molecule has 1 N–H and O–H groups in total. The van der Waals surface area contributed by atoms with Crippen molar-refractivity contribution in [3.05, 3.63) is 54.6 Å². The van der Waals surface area contributed by atoms with Gasteiger partial charge in [0.25, 0.3) is 0 Å². The third-order valence-corrected chi connectivity index (χ3v) is 4.16. The Morgan fingerprint density at radius 2 is 1.38 bits per heavy atom. The Balaban J connectivity index is 2.68. The molecule has 2 aromatic carbocycles. The van der Waals surface area contributed by atoms with Gasteiger partial charge in [-0.15, -0.1) is 0 Å². The predicted molar refractivity (Wildman–Crippen MR) is 60.9 cm³/mol. The molecule has 0 fully saturated rings. The van der Waals surface area contributed by atoms with Gasteiger partial charge in [-0.1, -0.05) is 0 Å². The molecule has 0 amide bonds. The maximum absolute atomic E-state index is 11.3. The summed E-state index contributed by atoms with van der Waals surface area (Å²) >= 11 is -4.94. The van der Waals surface area contributed by atoms with Gasteiger partial charge in [0.1, 0.15) is 0 Å². The Morgan fingerprint density at radius 1 is 0.812 bits per heavy atom. The maximum atomic E-state index is 11.3. The molecule has 0 atom stereocenters. The van der Waals surface area contributed by atoms with Crippen molar-refractivity contribution in [1.82, 2.24) is 0 Å². The van der Waals surface area contributed by atoms with Gasteiger partial charge in [-0.25, -0.2) is 0 Å². The zero-order valence-corrected chi connectivity index (χ0v) is 10.1. The summed E-state index contributed by atoms with van der Waals surface area (Å²) in [6.45, 7) is 0. The van der Waals surface area contributed by atoms with Crippen LogP contribution in [0.1, 0.15) is 0 Å². The third kappa shape index (κ3) is 2.19. The summed E-state index contributed by atoms with van der Waals surface area (Å²) in [7, 11) is 0. The van der Waals surface area contributed by atoms with Gasteiger partial charge in [0.15, 0.2) is 0 Å². The van der Waals surface area contributed by atoms with Crippen molar-refractivity contribution in [3.63, 3.8) is 0 Å². The minimum atomic E-state index is -4.94. The van der Waals surface area contributed by atoms with Crippen LogP contribution in [0, 0.1) is 0 Å². The van der Waals surface area contributed by atoms with E-state index >= 15 is 0 Å². The average Bonchev–Trinajstić information content (AvgIpc) is 2.29. The summed E-state index contributed by atoms with van der Waals surface area (Å²) in [5, 5.41) is 0. The Labute approximate surface area is 95.3 Å². The Hall–Kier alpha value is -1.48. The summed E-state index contributed by atoms with van der Waals surface area (Å²) in [5.74, 6) is 0. The molecule has 2 aromatic rings. The van der Waals surface area contributed by atoms with Crippen molar-refractivity contribution in [1.29, 1.82) is 0 Å². The molecule has 0 aromatic heterocycles. The van der Waals surface area contributed by atoms with E-state index in [0.29, 0.717) is 5.56 Å². The van der Waals surface area contributed by atoms with Crippen LogP contribution in [-0.2, 0) is 7.67 Å². The molecule has 0 bridgehead atoms. The first-order valence-electron chi connectivity index (χ1n) is 4.71. The first-order valence-corrected chi connectivity index (χ1v) is 7.73. The molecular formula is C12H10O3Se. The minimum absolute atomic E-state index is 0.00458. The first kappa shape index (κ1) is 11.0. The van der Waals surface area contributed by atoms with Crippen molar-refractivity contribution >= 4 is 17.5 Å². The van der Waals surface area contributed by atoms with E-state index in [1.54, 1.807) is 18.2 Å². The molecule has 0 spiro atoms. The van der Waals surface area contributed by atoms with E-state index in [1.165, 1.54) is 6.07 Å². The van der Waals surface area contributed by atoms with Gasteiger partial charge in [-0.05, 0) is 0 Å². The molecule has 0 aliphatic rings. The molecule has 82 valence electrons. The number of benzene rings is 2. The molecule has 2 rings (SSSR count). The fourth-order valence-electron chi connectivity index (χ4n) is 1.55. The molecule has 0 saturated heterocycles. The van der Waals surface area contributed by atoms with Crippen molar-refractivity contribution in [2.24, 2.45) is 0 Å². The summed E-state index contributed by atoms with van der Waals surface area (Å²) in [5.41, 5.74) is 1.32. The van der Waals surface area contributed by atoms with Gasteiger partial charge in [-0.3, -0.25) is 0 Å². The summed E-state index contributed by atoms with van der Waals surface area (Å²) < 4.78 is 31.7. The van der Waals surface area contributed by atoms with Crippen molar-refractivity contribution < 1.29 is 11.9 Å². The van der Waals surface area contributed by atoms with Crippen LogP contribution >= 0.6 is 0 Å². The molecule has 0 heterocycles. The van der Waals surface area contributed by atoms with E-state index in [-0.39, 0.29) is 4.46 Å². The molecule has 4 heteroatoms. The second-order valence-corrected chi connectivity index (χ2v) is 6.25. The van der Waals surface area contributed by atoms with Crippen LogP contribution in [-0.4, -0.2) is 17.2 Å². The monoisotopic (exact) mass is 282 g/mol. The van der Waals surface area contributed by atoms with E-state index in [1.807, 2.05) is 30.3 Å². The molecule has 0 radical (unpaired) electrons. The molecule has 0 aliphatic carbocycles. The number of hydrogen-bond donors (Lipinski definition) is 1. The Kier molecular flexibility index (Phi) is 2.88. The van der Waals surface area contributed by atoms with Gasteiger partial charge >= 0.3 is 95.1 Å². The summed E-state index contributed by atoms with van der Waals surface area (Å²) in [6.07, 6.45) is 0. The molecular weight excluding hydrogens is 271 g/mol. The molecule has 3 nitrogen and oxygen atoms in total. The van der Waals surface area contributed by atoms with E-state index < -0.39 is 13.0 Å². The quantitative estimate of drug-likeness (QED) is 0.845. The fraction of sp³-hybridized carbons (Fsp3) is 0. The summed E-state index contributed by atoms with van der Waals surface area (Å²) in [4.78, 5) is 0. The van der Waals surface area contributed by atoms with E-state index in [2.05, 4.69) is 0 Å². The van der Waals surface area contributed by atoms with Gasteiger partial charge in [0.05, 0.1) is 0 Å². The van der Waals surface area contributed by atoms with Crippen LogP contribution in [0.25, 0.3) is 11.1 Å². The standard InChI is InChI=1S/C12H10O3Se/c13-16(14,15)12-9-5-4-8-11(12)10-6-2-1-3-7-10/h1-9H,(H,13,14,15). The van der Waals surface area contributed by atoms with Crippen LogP contribution in [0.3, 0.4) is 0 Å². The average molecular weight is 281 g/mol. The normalized spacial score (nSPS) is 11.3. The van der Waals surface area contributed by atoms with Crippen LogP contribution in [0.2, 0.25) is 0 Å². The zero-order valence-electron chi connectivity index (χ0n) is 8.37. The van der Waals surface area contributed by atoms with Crippen LogP contribution in [0.15, 0.2) is 54.6 Å². The van der Waals surface area contributed by atoms with Crippen molar-refractivity contribution in [2.75, 3.05) is 0 Å². The Bertz CT molecular complexity index is 589. The predicted octanol–water partition coefficient (Wildman–Crippen LogP) is 1.35. The number of rotatable bonds is 2. The van der Waals surface area contributed by atoms with Gasteiger partial charge in [-0.2, -0.15) is 0 Å². The van der Waals surface area contributed by atoms with E-state index in [0.717, 1.165) is 5.56 Å². The second kappa shape index (κ2) is 4.18. The molecule has 16 heavy (non-hydrogen) atoms. The van der Waals surface area contributed by atoms with E-state index in [9.17, 15) is 11.9 Å². The van der Waals surface area contributed by atoms with Crippen LogP contribution < -0.4 is 4.46 Å². The molecule has 0 unspecified atom stereocenters. The van der Waals surface area contributed by atoms with Crippen molar-refractivity contribution in [2.45, 2.75) is 0 Å². The van der Waals surface area contributed by atoms with E-state index in [4.69, 9.17) is 0 Å². The third-order valence-electron chi connectivity index (χ3n) is 2.25. The van der Waals surface area contributed by atoms with Gasteiger partial charge in [0, 0.05) is 0 Å². The first-order chi connectivity index (χ1) is 7.59. The zero-order chi connectivity index (χ0) is 11.6. The molecule has 0 aliphatic heterocycles. The van der Waals surface area contributed by atoms with Gasteiger partial charge < -0.3 is 0 Å². The summed E-state index contributed by atoms with van der Waals surface area (Å²) in [6, 6.07) is 15.6. The van der Waals surface area contributed by atoms with Crippen LogP contribution in [0.4, 0.5) is 0 Å². The van der Waals surface area contributed by atoms with Gasteiger partial charge in [0.2, 0.25) is 0 Å². The van der Waals surface area contributed by atoms with Crippen molar-refractivity contribution in [3.8, 4) is 11.1 Å².